The number of imide groups is 1. The molecule has 0 atom stereocenters. The van der Waals surface area contributed by atoms with E-state index in [4.69, 9.17) is 9.47 Å². The van der Waals surface area contributed by atoms with Crippen molar-refractivity contribution in [2.45, 2.75) is 25.7 Å². The first-order chi connectivity index (χ1) is 17.5. The average molecular weight is 517 g/mol. The minimum absolute atomic E-state index is 0.161. The molecule has 0 heterocycles. The molecule has 0 aliphatic carbocycles. The Kier molecular flexibility index (Phi) is 10.3. The highest BCUT2D eigenvalue weighted by Gasteiger charge is 2.33. The second-order valence-electron chi connectivity index (χ2n) is 7.99. The van der Waals surface area contributed by atoms with E-state index in [2.05, 4.69) is 5.43 Å². The molecule has 0 aliphatic rings. The molecule has 12 heteroatoms. The van der Waals surface area contributed by atoms with Gasteiger partial charge in [0, 0.05) is 46.1 Å². The summed E-state index contributed by atoms with van der Waals surface area (Å²) in [6.07, 6.45) is 0.636. The molecule has 0 bridgehead atoms. The molecular formula is C25H32N4O8. The van der Waals surface area contributed by atoms with Gasteiger partial charge < -0.3 is 19.7 Å². The van der Waals surface area contributed by atoms with Crippen LogP contribution in [0.5, 0.6) is 23.0 Å². The lowest BCUT2D eigenvalue weighted by molar-refractivity contribution is -0.138. The second kappa shape index (κ2) is 13.1. The SMILES string of the molecule is CNN(C)C(=O)CCCCC(=O)N(C(=O)c1ccc(OC)cc1O)N(C)C(=O)c1ccc(OC)cc1O. The van der Waals surface area contributed by atoms with Gasteiger partial charge in [-0.1, -0.05) is 0 Å². The predicted octanol–water partition coefficient (Wildman–Crippen LogP) is 1.92. The van der Waals surface area contributed by atoms with Crippen LogP contribution in [0.15, 0.2) is 36.4 Å². The topological polar surface area (TPSA) is 149 Å². The number of ether oxygens (including phenoxy) is 2. The molecule has 2 aromatic rings. The van der Waals surface area contributed by atoms with Crippen molar-refractivity contribution < 1.29 is 38.9 Å². The Labute approximate surface area is 214 Å². The first-order valence-electron chi connectivity index (χ1n) is 11.4. The zero-order chi connectivity index (χ0) is 27.7. The predicted molar refractivity (Wildman–Crippen MR) is 133 cm³/mol. The van der Waals surface area contributed by atoms with Crippen LogP contribution in [0.1, 0.15) is 46.4 Å². The number of phenols is 2. The van der Waals surface area contributed by atoms with Gasteiger partial charge >= 0.3 is 0 Å². The Morgan fingerprint density at radius 1 is 0.784 bits per heavy atom. The van der Waals surface area contributed by atoms with Gasteiger partial charge in [-0.15, -0.1) is 0 Å². The lowest BCUT2D eigenvalue weighted by Crippen LogP contribution is -2.50. The summed E-state index contributed by atoms with van der Waals surface area (Å²) in [7, 11) is 7.16. The molecule has 0 saturated carbocycles. The van der Waals surface area contributed by atoms with Crippen LogP contribution in [0.25, 0.3) is 0 Å². The van der Waals surface area contributed by atoms with E-state index in [-0.39, 0.29) is 42.0 Å². The van der Waals surface area contributed by atoms with E-state index in [1.54, 1.807) is 14.1 Å². The fourth-order valence-corrected chi connectivity index (χ4v) is 3.39. The quantitative estimate of drug-likeness (QED) is 0.318. The summed E-state index contributed by atoms with van der Waals surface area (Å²) < 4.78 is 10.1. The Balaban J connectivity index is 2.32. The van der Waals surface area contributed by atoms with Gasteiger partial charge in [-0.3, -0.25) is 24.2 Å². The monoisotopic (exact) mass is 516 g/mol. The molecule has 2 rings (SSSR count). The van der Waals surface area contributed by atoms with Crippen molar-refractivity contribution in [1.29, 1.82) is 0 Å². The summed E-state index contributed by atoms with van der Waals surface area (Å²) in [6, 6.07) is 7.88. The number of aromatic hydroxyl groups is 2. The molecule has 12 nitrogen and oxygen atoms in total. The summed E-state index contributed by atoms with van der Waals surface area (Å²) in [5.74, 6) is -2.97. The van der Waals surface area contributed by atoms with Gasteiger partial charge in [0.2, 0.25) is 11.8 Å². The van der Waals surface area contributed by atoms with Crippen molar-refractivity contribution in [2.24, 2.45) is 0 Å². The van der Waals surface area contributed by atoms with E-state index >= 15 is 0 Å². The van der Waals surface area contributed by atoms with Gasteiger partial charge in [-0.25, -0.2) is 10.4 Å². The number of rotatable bonds is 10. The third-order valence-corrected chi connectivity index (χ3v) is 5.63. The van der Waals surface area contributed by atoms with Crippen LogP contribution < -0.4 is 14.9 Å². The van der Waals surface area contributed by atoms with Crippen LogP contribution in [0, 0.1) is 0 Å². The van der Waals surface area contributed by atoms with E-state index in [1.165, 1.54) is 62.7 Å². The average Bonchev–Trinajstić information content (AvgIpc) is 2.89. The molecule has 0 spiro atoms. The number of benzene rings is 2. The van der Waals surface area contributed by atoms with Crippen LogP contribution in [0.2, 0.25) is 0 Å². The highest BCUT2D eigenvalue weighted by atomic mass is 16.5. The molecule has 0 aromatic heterocycles. The van der Waals surface area contributed by atoms with Crippen LogP contribution >= 0.6 is 0 Å². The Morgan fingerprint density at radius 3 is 1.68 bits per heavy atom. The highest BCUT2D eigenvalue weighted by Crippen LogP contribution is 2.28. The normalized spacial score (nSPS) is 10.4. The van der Waals surface area contributed by atoms with Crippen LogP contribution in [0.3, 0.4) is 0 Å². The van der Waals surface area contributed by atoms with Gasteiger partial charge in [0.25, 0.3) is 11.8 Å². The zero-order valence-corrected chi connectivity index (χ0v) is 21.5. The number of amides is 4. The maximum Gasteiger partial charge on any atom is 0.283 e. The van der Waals surface area contributed by atoms with E-state index in [0.29, 0.717) is 17.2 Å². The second-order valence-corrected chi connectivity index (χ2v) is 7.99. The molecule has 0 aliphatic heterocycles. The number of methoxy groups -OCH3 is 2. The van der Waals surface area contributed by atoms with Crippen LogP contribution in [0.4, 0.5) is 0 Å². The fraction of sp³-hybridized carbons (Fsp3) is 0.360. The molecule has 0 unspecified atom stereocenters. The van der Waals surface area contributed by atoms with E-state index in [9.17, 15) is 29.4 Å². The summed E-state index contributed by atoms with van der Waals surface area (Å²) >= 11 is 0. The van der Waals surface area contributed by atoms with Crippen molar-refractivity contribution >= 4 is 23.6 Å². The number of carbonyl (C=O) groups is 4. The standard InChI is InChI=1S/C25H32N4O8/c1-26-27(2)22(32)8-6-7-9-23(33)29(25(35)19-13-11-17(37-5)15-21(19)31)28(3)24(34)18-12-10-16(36-4)14-20(18)30/h10-15,26,30-31H,6-9H2,1-5H3. The molecule has 0 radical (unpaired) electrons. The largest absolute Gasteiger partial charge is 0.507 e. The third kappa shape index (κ3) is 7.10. The third-order valence-electron chi connectivity index (χ3n) is 5.63. The molecule has 3 N–H and O–H groups in total. The highest BCUT2D eigenvalue weighted by molar-refractivity contribution is 6.08. The first-order valence-corrected chi connectivity index (χ1v) is 11.4. The minimum Gasteiger partial charge on any atom is -0.507 e. The molecule has 0 fully saturated rings. The summed E-state index contributed by atoms with van der Waals surface area (Å²) in [6.45, 7) is 0. The molecule has 200 valence electrons. The van der Waals surface area contributed by atoms with Crippen molar-refractivity contribution in [3.8, 4) is 23.0 Å². The zero-order valence-electron chi connectivity index (χ0n) is 21.5. The minimum atomic E-state index is -0.958. The molecule has 0 saturated heterocycles. The number of hydrazine groups is 2. The summed E-state index contributed by atoms with van der Waals surface area (Å²) in [4.78, 5) is 51.8. The van der Waals surface area contributed by atoms with Crippen molar-refractivity contribution in [2.75, 3.05) is 35.4 Å². The molecule has 2 aromatic carbocycles. The number of phenolic OH excluding ortho intramolecular Hbond substituents is 2. The van der Waals surface area contributed by atoms with Gasteiger partial charge in [-0.2, -0.15) is 5.01 Å². The van der Waals surface area contributed by atoms with Crippen molar-refractivity contribution in [3.63, 3.8) is 0 Å². The Morgan fingerprint density at radius 2 is 1.24 bits per heavy atom. The smallest absolute Gasteiger partial charge is 0.283 e. The number of carbonyl (C=O) groups excluding carboxylic acids is 4. The molecule has 4 amide bonds. The number of unbranched alkanes of at least 4 members (excludes halogenated alkanes) is 1. The van der Waals surface area contributed by atoms with E-state index in [1.807, 2.05) is 0 Å². The number of hydrogen-bond acceptors (Lipinski definition) is 9. The first kappa shape index (κ1) is 28.9. The number of nitrogens with one attached hydrogen (secondary N) is 1. The van der Waals surface area contributed by atoms with Crippen LogP contribution in [-0.2, 0) is 9.59 Å². The van der Waals surface area contributed by atoms with Gasteiger partial charge in [0.1, 0.15) is 23.0 Å². The van der Waals surface area contributed by atoms with Gasteiger partial charge in [0.05, 0.1) is 25.3 Å². The maximum absolute atomic E-state index is 13.4. The lowest BCUT2D eigenvalue weighted by Gasteiger charge is -2.30. The summed E-state index contributed by atoms with van der Waals surface area (Å²) in [5, 5.41) is 23.4. The molecule has 37 heavy (non-hydrogen) atoms. The van der Waals surface area contributed by atoms with E-state index in [0.717, 1.165) is 5.01 Å². The number of nitrogens with zero attached hydrogens (tertiary/aromatic N) is 3. The maximum atomic E-state index is 13.4. The van der Waals surface area contributed by atoms with Gasteiger partial charge in [0.15, 0.2) is 0 Å². The van der Waals surface area contributed by atoms with Crippen molar-refractivity contribution in [1.82, 2.24) is 20.5 Å². The number of hydrogen-bond donors (Lipinski definition) is 3. The van der Waals surface area contributed by atoms with Gasteiger partial charge in [-0.05, 0) is 37.1 Å². The Hall–Kier alpha value is -4.32. The molecular weight excluding hydrogens is 484 g/mol. The van der Waals surface area contributed by atoms with Crippen molar-refractivity contribution in [3.05, 3.63) is 47.5 Å². The fourth-order valence-electron chi connectivity index (χ4n) is 3.39. The van der Waals surface area contributed by atoms with Crippen LogP contribution in [-0.4, -0.2) is 84.2 Å². The van der Waals surface area contributed by atoms with E-state index < -0.39 is 29.2 Å². The lowest BCUT2D eigenvalue weighted by atomic mass is 10.1. The Bertz CT molecular complexity index is 1150. The summed E-state index contributed by atoms with van der Waals surface area (Å²) in [5.41, 5.74) is 2.28.